The average Bonchev–Trinajstić information content (AvgIpc) is 3.13. The fourth-order valence-corrected chi connectivity index (χ4v) is 4.69. The van der Waals surface area contributed by atoms with Gasteiger partial charge < -0.3 is 10.1 Å². The molecular formula is C18H13ClF3N5O3S. The molecule has 1 aromatic carbocycles. The molecule has 0 amide bonds. The van der Waals surface area contributed by atoms with Crippen molar-refractivity contribution >= 4 is 45.3 Å². The second-order valence-corrected chi connectivity index (χ2v) is 7.96. The number of aliphatic hydroxyl groups is 1. The summed E-state index contributed by atoms with van der Waals surface area (Å²) in [5.74, 6) is 0.0365. The van der Waals surface area contributed by atoms with Crippen molar-refractivity contribution in [3.05, 3.63) is 62.0 Å². The van der Waals surface area contributed by atoms with Gasteiger partial charge in [0.2, 0.25) is 0 Å². The molecular weight excluding hydrogens is 459 g/mol. The van der Waals surface area contributed by atoms with Gasteiger partial charge in [-0.25, -0.2) is 14.5 Å². The number of thioether (sulfide) groups is 1. The zero-order valence-electron chi connectivity index (χ0n) is 15.4. The van der Waals surface area contributed by atoms with Gasteiger partial charge in [-0.2, -0.15) is 18.3 Å². The fraction of sp³-hybridized carbons (Fsp3) is 0.222. The predicted molar refractivity (Wildman–Crippen MR) is 110 cm³/mol. The Kier molecular flexibility index (Phi) is 5.54. The van der Waals surface area contributed by atoms with E-state index >= 15 is 0 Å². The van der Waals surface area contributed by atoms with Gasteiger partial charge in [-0.3, -0.25) is 9.78 Å². The van der Waals surface area contributed by atoms with E-state index in [-0.39, 0.29) is 28.2 Å². The van der Waals surface area contributed by atoms with E-state index in [2.05, 4.69) is 15.1 Å². The number of benzene rings is 1. The minimum atomic E-state index is -4.82. The number of aromatic nitrogens is 5. The number of alkyl halides is 3. The summed E-state index contributed by atoms with van der Waals surface area (Å²) in [6, 6.07) is 3.44. The Hall–Kier alpha value is -2.83. The Morgan fingerprint density at radius 2 is 2.06 bits per heavy atom. The van der Waals surface area contributed by atoms with Crippen LogP contribution in [0.4, 0.5) is 13.2 Å². The van der Waals surface area contributed by atoms with Gasteiger partial charge >= 0.3 is 11.9 Å². The van der Waals surface area contributed by atoms with Crippen LogP contribution in [0.15, 0.2) is 45.1 Å². The van der Waals surface area contributed by atoms with Crippen LogP contribution in [0, 0.1) is 0 Å². The van der Waals surface area contributed by atoms with Crippen molar-refractivity contribution in [1.82, 2.24) is 24.7 Å². The molecule has 0 aliphatic rings. The molecule has 4 rings (SSSR count). The minimum Gasteiger partial charge on any atom is -0.394 e. The molecule has 0 aliphatic carbocycles. The second kappa shape index (κ2) is 8.02. The highest BCUT2D eigenvalue weighted by atomic mass is 35.5. The van der Waals surface area contributed by atoms with Gasteiger partial charge in [0.25, 0.3) is 5.56 Å². The quantitative estimate of drug-likeness (QED) is 0.385. The van der Waals surface area contributed by atoms with E-state index in [0.717, 1.165) is 17.1 Å². The smallest absolute Gasteiger partial charge is 0.394 e. The SMILES string of the molecule is O=c1[nH]c(=O)c2cc(C(F)(F)F)c(Cl)c(SCC(CO)n3ncc4cccnc43)c2[nH]1. The number of aromatic amines is 2. The molecule has 8 nitrogen and oxygen atoms in total. The number of pyridine rings is 1. The van der Waals surface area contributed by atoms with Gasteiger partial charge in [-0.1, -0.05) is 11.6 Å². The highest BCUT2D eigenvalue weighted by Crippen LogP contribution is 2.43. The van der Waals surface area contributed by atoms with Crippen molar-refractivity contribution in [1.29, 1.82) is 0 Å². The topological polar surface area (TPSA) is 117 Å². The van der Waals surface area contributed by atoms with E-state index in [1.165, 1.54) is 4.68 Å². The number of hydrogen-bond acceptors (Lipinski definition) is 6. The summed E-state index contributed by atoms with van der Waals surface area (Å²) in [6.45, 7) is -0.383. The molecule has 1 unspecified atom stereocenters. The lowest BCUT2D eigenvalue weighted by atomic mass is 10.1. The maximum absolute atomic E-state index is 13.5. The molecule has 0 aliphatic heterocycles. The summed E-state index contributed by atoms with van der Waals surface area (Å²) in [4.78, 5) is 32.2. The first-order valence-corrected chi connectivity index (χ1v) is 10.1. The highest BCUT2D eigenvalue weighted by molar-refractivity contribution is 7.99. The normalized spacial score (nSPS) is 13.2. The van der Waals surface area contributed by atoms with E-state index in [1.807, 2.05) is 4.98 Å². The van der Waals surface area contributed by atoms with Crippen molar-refractivity contribution < 1.29 is 18.3 Å². The number of aliphatic hydroxyl groups excluding tert-OH is 1. The summed E-state index contributed by atoms with van der Waals surface area (Å²) in [5.41, 5.74) is -2.67. The molecule has 0 saturated heterocycles. The first kappa shape index (κ1) is 21.4. The fourth-order valence-electron chi connectivity index (χ4n) is 3.12. The number of nitrogens with zero attached hydrogens (tertiary/aromatic N) is 3. The monoisotopic (exact) mass is 471 g/mol. The van der Waals surface area contributed by atoms with Crippen LogP contribution in [0.1, 0.15) is 11.6 Å². The van der Waals surface area contributed by atoms with E-state index in [1.54, 1.807) is 24.5 Å². The summed E-state index contributed by atoms with van der Waals surface area (Å²) >= 11 is 6.91. The van der Waals surface area contributed by atoms with Gasteiger partial charge in [0.15, 0.2) is 5.65 Å². The summed E-state index contributed by atoms with van der Waals surface area (Å²) < 4.78 is 41.9. The molecule has 0 fully saturated rings. The van der Waals surface area contributed by atoms with E-state index in [9.17, 15) is 27.9 Å². The maximum Gasteiger partial charge on any atom is 0.417 e. The molecule has 0 radical (unpaired) electrons. The molecule has 3 N–H and O–H groups in total. The maximum atomic E-state index is 13.5. The molecule has 1 atom stereocenters. The summed E-state index contributed by atoms with van der Waals surface area (Å²) in [7, 11) is 0. The molecule has 31 heavy (non-hydrogen) atoms. The van der Waals surface area contributed by atoms with E-state index in [4.69, 9.17) is 11.6 Å². The lowest BCUT2D eigenvalue weighted by Crippen LogP contribution is -2.23. The lowest BCUT2D eigenvalue weighted by molar-refractivity contribution is -0.137. The van der Waals surface area contributed by atoms with Crippen LogP contribution in [-0.4, -0.2) is 42.2 Å². The van der Waals surface area contributed by atoms with Crippen molar-refractivity contribution in [3.8, 4) is 0 Å². The van der Waals surface area contributed by atoms with Gasteiger partial charge in [-0.15, -0.1) is 11.8 Å². The Labute approximate surface area is 180 Å². The first-order valence-electron chi connectivity index (χ1n) is 8.78. The largest absolute Gasteiger partial charge is 0.417 e. The van der Waals surface area contributed by atoms with Crippen LogP contribution in [0.5, 0.6) is 0 Å². The van der Waals surface area contributed by atoms with Crippen molar-refractivity contribution in [2.45, 2.75) is 17.1 Å². The van der Waals surface area contributed by atoms with Crippen molar-refractivity contribution in [3.63, 3.8) is 0 Å². The van der Waals surface area contributed by atoms with Gasteiger partial charge in [0.1, 0.15) is 0 Å². The van der Waals surface area contributed by atoms with E-state index < -0.39 is 34.1 Å². The molecule has 0 saturated carbocycles. The number of rotatable bonds is 5. The Morgan fingerprint density at radius 1 is 1.29 bits per heavy atom. The third-order valence-electron chi connectivity index (χ3n) is 4.57. The van der Waals surface area contributed by atoms with Gasteiger partial charge in [0, 0.05) is 17.3 Å². The number of nitrogens with one attached hydrogen (secondary N) is 2. The molecule has 3 aromatic heterocycles. The van der Waals surface area contributed by atoms with Gasteiger partial charge in [-0.05, 0) is 18.2 Å². The van der Waals surface area contributed by atoms with Crippen molar-refractivity contribution in [2.75, 3.05) is 12.4 Å². The zero-order valence-corrected chi connectivity index (χ0v) is 17.0. The number of hydrogen-bond donors (Lipinski definition) is 3. The third kappa shape index (κ3) is 3.93. The predicted octanol–water partition coefficient (Wildman–Crippen LogP) is 2.96. The number of fused-ring (bicyclic) bond motifs is 2. The molecule has 162 valence electrons. The number of H-pyrrole nitrogens is 2. The Bertz CT molecular complexity index is 1400. The molecule has 13 heteroatoms. The van der Waals surface area contributed by atoms with Crippen LogP contribution in [-0.2, 0) is 6.18 Å². The number of halogens is 4. The van der Waals surface area contributed by atoms with Gasteiger partial charge in [0.05, 0.1) is 45.2 Å². The molecule has 0 bridgehead atoms. The zero-order chi connectivity index (χ0) is 22.3. The molecule has 3 heterocycles. The second-order valence-electron chi connectivity index (χ2n) is 6.55. The highest BCUT2D eigenvalue weighted by Gasteiger charge is 2.36. The third-order valence-corrected chi connectivity index (χ3v) is 6.32. The minimum absolute atomic E-state index is 0.0365. The van der Waals surface area contributed by atoms with Crippen LogP contribution < -0.4 is 11.2 Å². The first-order chi connectivity index (χ1) is 14.7. The van der Waals surface area contributed by atoms with Crippen LogP contribution >= 0.6 is 23.4 Å². The molecule has 0 spiro atoms. The average molecular weight is 472 g/mol. The molecule has 4 aromatic rings. The van der Waals surface area contributed by atoms with Crippen LogP contribution in [0.2, 0.25) is 5.02 Å². The Morgan fingerprint density at radius 3 is 2.77 bits per heavy atom. The summed E-state index contributed by atoms with van der Waals surface area (Å²) in [6.07, 6.45) is -1.71. The van der Waals surface area contributed by atoms with Crippen LogP contribution in [0.3, 0.4) is 0 Å². The van der Waals surface area contributed by atoms with Crippen molar-refractivity contribution in [2.24, 2.45) is 0 Å². The standard InChI is InChI=1S/C18H13ClF3N5O3S/c19-12-11(18(20,21)22)4-10-13(25-17(30)26-16(10)29)14(12)31-7-9(6-28)27-15-8(5-24-27)2-1-3-23-15/h1-5,9,28H,6-7H2,(H2,25,26,29,30). The summed E-state index contributed by atoms with van der Waals surface area (Å²) in [5, 5.41) is 13.8. The van der Waals surface area contributed by atoms with E-state index in [0.29, 0.717) is 11.7 Å². The lowest BCUT2D eigenvalue weighted by Gasteiger charge is -2.18. The van der Waals surface area contributed by atoms with Crippen LogP contribution in [0.25, 0.3) is 21.9 Å². The Balaban J connectivity index is 1.80.